The molecule has 0 heterocycles. The maximum atomic E-state index is 12.9. The van der Waals surface area contributed by atoms with Gasteiger partial charge in [-0.15, -0.1) is 0 Å². The van der Waals surface area contributed by atoms with Crippen molar-refractivity contribution in [2.45, 2.75) is 12.8 Å². The summed E-state index contributed by atoms with van der Waals surface area (Å²) >= 11 is 0. The van der Waals surface area contributed by atoms with Gasteiger partial charge in [0.15, 0.2) is 0 Å². The lowest BCUT2D eigenvalue weighted by atomic mass is 10.1. The summed E-state index contributed by atoms with van der Waals surface area (Å²) in [5.41, 5.74) is 0.512. The molecule has 0 amide bonds. The number of halogens is 2. The highest BCUT2D eigenvalue weighted by molar-refractivity contribution is 5.52. The van der Waals surface area contributed by atoms with Crippen LogP contribution >= 0.6 is 0 Å². The second-order valence-corrected chi connectivity index (χ2v) is 2.68. The molecule has 0 saturated carbocycles. The normalized spacial score (nSPS) is 11.3. The molecular weight excluding hydrogens is 160 g/mol. The molecule has 0 aliphatic rings. The summed E-state index contributed by atoms with van der Waals surface area (Å²) in [6, 6.07) is 6.38. The fraction of sp³-hybridized carbons (Fsp3) is 0.333. The Hall–Kier alpha value is -1.12. The van der Waals surface area contributed by atoms with Gasteiger partial charge >= 0.3 is 0 Å². The molecule has 0 aromatic heterocycles. The first kappa shape index (κ1) is 8.97. The molecule has 0 aliphatic carbocycles. The van der Waals surface area contributed by atoms with Crippen LogP contribution in [0.5, 0.6) is 0 Å². The Morgan fingerprint density at radius 3 is 2.25 bits per heavy atom. The number of hydrogen-bond acceptors (Lipinski definition) is 1. The van der Waals surface area contributed by atoms with Crippen molar-refractivity contribution >= 4 is 5.69 Å². The summed E-state index contributed by atoms with van der Waals surface area (Å²) in [5, 5.41) is 2.72. The first-order chi connectivity index (χ1) is 5.55. The van der Waals surface area contributed by atoms with Gasteiger partial charge in [-0.2, -0.15) is 0 Å². The summed E-state index contributed by atoms with van der Waals surface area (Å²) < 4.78 is 25.7. The third-order valence-corrected chi connectivity index (χ3v) is 1.67. The number of para-hydroxylation sites is 1. The summed E-state index contributed by atoms with van der Waals surface area (Å²) in [4.78, 5) is 0. The van der Waals surface area contributed by atoms with Crippen LogP contribution in [0.15, 0.2) is 24.3 Å². The molecule has 1 nitrogen and oxygen atoms in total. The molecule has 0 saturated heterocycles. The van der Waals surface area contributed by atoms with Gasteiger partial charge in [-0.05, 0) is 6.07 Å². The van der Waals surface area contributed by atoms with Crippen LogP contribution in [0, 0.1) is 0 Å². The van der Waals surface area contributed by atoms with Crippen LogP contribution < -0.4 is 5.32 Å². The Bertz CT molecular complexity index is 265. The fourth-order valence-corrected chi connectivity index (χ4v) is 1.08. The Morgan fingerprint density at radius 2 is 1.83 bits per heavy atom. The molecule has 1 aromatic carbocycles. The van der Waals surface area contributed by atoms with Gasteiger partial charge in [0.1, 0.15) is 0 Å². The lowest BCUT2D eigenvalue weighted by Gasteiger charge is -2.14. The van der Waals surface area contributed by atoms with Crippen LogP contribution in [0.3, 0.4) is 0 Å². The lowest BCUT2D eigenvalue weighted by molar-refractivity contribution is 0.0182. The molecule has 0 spiro atoms. The molecule has 1 aromatic rings. The van der Waals surface area contributed by atoms with Gasteiger partial charge in [0.2, 0.25) is 0 Å². The van der Waals surface area contributed by atoms with Gasteiger partial charge in [0.25, 0.3) is 5.92 Å². The monoisotopic (exact) mass is 171 g/mol. The fourth-order valence-electron chi connectivity index (χ4n) is 1.08. The third-order valence-electron chi connectivity index (χ3n) is 1.67. The van der Waals surface area contributed by atoms with Gasteiger partial charge in [0.05, 0.1) is 0 Å². The molecular formula is C9H11F2N. The van der Waals surface area contributed by atoms with Gasteiger partial charge in [-0.25, -0.2) is 8.78 Å². The molecule has 0 fully saturated rings. The molecule has 0 aliphatic heterocycles. The first-order valence-electron chi connectivity index (χ1n) is 3.71. The van der Waals surface area contributed by atoms with E-state index in [1.165, 1.54) is 6.07 Å². The average Bonchev–Trinajstić information content (AvgIpc) is 2.03. The van der Waals surface area contributed by atoms with E-state index in [2.05, 4.69) is 5.32 Å². The van der Waals surface area contributed by atoms with Crippen molar-refractivity contribution in [3.05, 3.63) is 29.8 Å². The third kappa shape index (κ3) is 1.72. The molecule has 1 N–H and O–H groups in total. The Kier molecular flexibility index (Phi) is 2.31. The zero-order valence-corrected chi connectivity index (χ0v) is 7.07. The van der Waals surface area contributed by atoms with Crippen LogP contribution in [0.2, 0.25) is 0 Å². The van der Waals surface area contributed by atoms with E-state index in [1.807, 2.05) is 0 Å². The van der Waals surface area contributed by atoms with Crippen molar-refractivity contribution < 1.29 is 8.78 Å². The number of hydrogen-bond donors (Lipinski definition) is 1. The standard InChI is InChI=1S/C9H11F2N/c1-9(10,11)7-5-3-4-6-8(7)12-2/h3-6,12H,1-2H3. The Labute approximate surface area is 70.4 Å². The smallest absolute Gasteiger partial charge is 0.272 e. The van der Waals surface area contributed by atoms with E-state index in [-0.39, 0.29) is 5.56 Å². The highest BCUT2D eigenvalue weighted by Gasteiger charge is 2.26. The van der Waals surface area contributed by atoms with Crippen molar-refractivity contribution in [3.8, 4) is 0 Å². The minimum atomic E-state index is -2.78. The molecule has 12 heavy (non-hydrogen) atoms. The van der Waals surface area contributed by atoms with E-state index < -0.39 is 5.92 Å². The minimum absolute atomic E-state index is 0.0347. The molecule has 0 atom stereocenters. The number of alkyl halides is 2. The highest BCUT2D eigenvalue weighted by Crippen LogP contribution is 2.32. The van der Waals surface area contributed by atoms with Gasteiger partial charge in [-0.1, -0.05) is 18.2 Å². The van der Waals surface area contributed by atoms with Crippen molar-refractivity contribution in [1.29, 1.82) is 0 Å². The van der Waals surface area contributed by atoms with E-state index in [0.29, 0.717) is 5.69 Å². The highest BCUT2D eigenvalue weighted by atomic mass is 19.3. The average molecular weight is 171 g/mol. The molecule has 0 unspecified atom stereocenters. The molecule has 3 heteroatoms. The van der Waals surface area contributed by atoms with Crippen molar-refractivity contribution in [1.82, 2.24) is 0 Å². The van der Waals surface area contributed by atoms with Crippen LogP contribution in [0.25, 0.3) is 0 Å². The molecule has 0 bridgehead atoms. The number of anilines is 1. The van der Waals surface area contributed by atoms with Crippen LogP contribution in [-0.2, 0) is 5.92 Å². The summed E-state index contributed by atoms with van der Waals surface area (Å²) in [6.07, 6.45) is 0. The zero-order chi connectivity index (χ0) is 9.19. The predicted octanol–water partition coefficient (Wildman–Crippen LogP) is 2.84. The number of rotatable bonds is 2. The van der Waals surface area contributed by atoms with Crippen molar-refractivity contribution in [3.63, 3.8) is 0 Å². The zero-order valence-electron chi connectivity index (χ0n) is 7.07. The van der Waals surface area contributed by atoms with Crippen molar-refractivity contribution in [2.75, 3.05) is 12.4 Å². The van der Waals surface area contributed by atoms with Crippen molar-refractivity contribution in [2.24, 2.45) is 0 Å². The molecule has 66 valence electrons. The first-order valence-corrected chi connectivity index (χ1v) is 3.71. The maximum Gasteiger partial charge on any atom is 0.272 e. The lowest BCUT2D eigenvalue weighted by Crippen LogP contribution is -2.09. The number of nitrogens with one attached hydrogen (secondary N) is 1. The Morgan fingerprint density at radius 1 is 1.25 bits per heavy atom. The second-order valence-electron chi connectivity index (χ2n) is 2.68. The largest absolute Gasteiger partial charge is 0.388 e. The van der Waals surface area contributed by atoms with E-state index in [9.17, 15) is 8.78 Å². The SMILES string of the molecule is CNc1ccccc1C(C)(F)F. The van der Waals surface area contributed by atoms with Gasteiger partial charge in [0, 0.05) is 25.2 Å². The summed E-state index contributed by atoms with van der Waals surface area (Å²) in [6.45, 7) is 0.892. The minimum Gasteiger partial charge on any atom is -0.388 e. The van der Waals surface area contributed by atoms with E-state index >= 15 is 0 Å². The van der Waals surface area contributed by atoms with E-state index in [1.54, 1.807) is 25.2 Å². The van der Waals surface area contributed by atoms with E-state index in [0.717, 1.165) is 6.92 Å². The predicted molar refractivity (Wildman–Crippen MR) is 45.6 cm³/mol. The van der Waals surface area contributed by atoms with Crippen LogP contribution in [0.1, 0.15) is 12.5 Å². The number of benzene rings is 1. The molecule has 0 radical (unpaired) electrons. The van der Waals surface area contributed by atoms with Gasteiger partial charge < -0.3 is 5.32 Å². The summed E-state index contributed by atoms with van der Waals surface area (Å²) in [7, 11) is 1.63. The maximum absolute atomic E-state index is 12.9. The Balaban J connectivity index is 3.14. The molecule has 1 rings (SSSR count). The summed E-state index contributed by atoms with van der Waals surface area (Å²) in [5.74, 6) is -2.78. The van der Waals surface area contributed by atoms with E-state index in [4.69, 9.17) is 0 Å². The van der Waals surface area contributed by atoms with Crippen LogP contribution in [0.4, 0.5) is 14.5 Å². The topological polar surface area (TPSA) is 12.0 Å². The van der Waals surface area contributed by atoms with Gasteiger partial charge in [-0.3, -0.25) is 0 Å². The quantitative estimate of drug-likeness (QED) is 0.721. The second kappa shape index (κ2) is 3.09. The van der Waals surface area contributed by atoms with Crippen LogP contribution in [-0.4, -0.2) is 7.05 Å².